The number of rotatable bonds is 4. The summed E-state index contributed by atoms with van der Waals surface area (Å²) in [6.07, 6.45) is 3.34. The predicted octanol–water partition coefficient (Wildman–Crippen LogP) is 1.95. The number of hydrazone groups is 1. The number of nitrogens with zero attached hydrogens (tertiary/aromatic N) is 2. The number of aromatic nitrogens is 1. The van der Waals surface area contributed by atoms with Gasteiger partial charge in [0.15, 0.2) is 0 Å². The summed E-state index contributed by atoms with van der Waals surface area (Å²) in [7, 11) is -1.78. The molecule has 6 heteroatoms. The third-order valence-corrected chi connectivity index (χ3v) is 4.35. The van der Waals surface area contributed by atoms with Crippen molar-refractivity contribution in [2.24, 2.45) is 12.1 Å². The Hall–Kier alpha value is -2.08. The fourth-order valence-electron chi connectivity index (χ4n) is 1.82. The van der Waals surface area contributed by atoms with Crippen molar-refractivity contribution in [1.82, 2.24) is 9.40 Å². The van der Waals surface area contributed by atoms with Gasteiger partial charge in [0.2, 0.25) is 0 Å². The van der Waals surface area contributed by atoms with E-state index in [2.05, 4.69) is 9.93 Å². The first-order chi connectivity index (χ1) is 9.40. The van der Waals surface area contributed by atoms with Crippen LogP contribution in [-0.4, -0.2) is 19.2 Å². The number of benzene rings is 1. The molecule has 106 valence electrons. The molecular formula is C14H17N3O2S. The second-order valence-corrected chi connectivity index (χ2v) is 6.30. The van der Waals surface area contributed by atoms with Crippen molar-refractivity contribution in [2.45, 2.75) is 18.7 Å². The van der Waals surface area contributed by atoms with Crippen LogP contribution in [0.4, 0.5) is 0 Å². The summed E-state index contributed by atoms with van der Waals surface area (Å²) < 4.78 is 26.2. The van der Waals surface area contributed by atoms with Crippen LogP contribution in [0.1, 0.15) is 16.8 Å². The maximum atomic E-state index is 12.2. The number of nitrogens with one attached hydrogen (secondary N) is 1. The van der Waals surface area contributed by atoms with Crippen LogP contribution in [0.2, 0.25) is 0 Å². The van der Waals surface area contributed by atoms with E-state index < -0.39 is 10.0 Å². The Morgan fingerprint density at radius 2 is 2.00 bits per heavy atom. The van der Waals surface area contributed by atoms with Crippen molar-refractivity contribution in [1.29, 1.82) is 0 Å². The molecule has 0 saturated heterocycles. The average Bonchev–Trinajstić information content (AvgIpc) is 2.78. The summed E-state index contributed by atoms with van der Waals surface area (Å²) in [5.74, 6) is 0. The molecule has 0 aliphatic carbocycles. The highest BCUT2D eigenvalue weighted by Gasteiger charge is 2.15. The Morgan fingerprint density at radius 1 is 1.25 bits per heavy atom. The van der Waals surface area contributed by atoms with Gasteiger partial charge in [0.1, 0.15) is 0 Å². The van der Waals surface area contributed by atoms with Crippen LogP contribution < -0.4 is 4.83 Å². The highest BCUT2D eigenvalue weighted by atomic mass is 32.2. The molecule has 0 amide bonds. The maximum absolute atomic E-state index is 12.2. The molecule has 1 heterocycles. The SMILES string of the molecule is Cc1ccc(C)c(S(=O)(=O)N/N=C/c2cccn2C)c1. The van der Waals surface area contributed by atoms with E-state index in [0.29, 0.717) is 5.56 Å². The molecule has 1 aromatic heterocycles. The zero-order valence-electron chi connectivity index (χ0n) is 11.7. The van der Waals surface area contributed by atoms with Gasteiger partial charge >= 0.3 is 0 Å². The Bertz CT molecular complexity index is 746. The zero-order valence-corrected chi connectivity index (χ0v) is 12.5. The quantitative estimate of drug-likeness (QED) is 0.691. The van der Waals surface area contributed by atoms with Gasteiger partial charge < -0.3 is 4.57 Å². The number of aryl methyl sites for hydroxylation is 3. The van der Waals surface area contributed by atoms with Gasteiger partial charge in [-0.25, -0.2) is 0 Å². The van der Waals surface area contributed by atoms with Gasteiger partial charge in [-0.3, -0.25) is 0 Å². The number of sulfonamides is 1. The standard InChI is InChI=1S/C14H17N3O2S/c1-11-6-7-12(2)14(9-11)20(18,19)16-15-10-13-5-4-8-17(13)3/h4-10,16H,1-3H3/b15-10+. The van der Waals surface area contributed by atoms with Crippen molar-refractivity contribution in [3.05, 3.63) is 53.3 Å². The van der Waals surface area contributed by atoms with Crippen molar-refractivity contribution in [2.75, 3.05) is 0 Å². The minimum absolute atomic E-state index is 0.251. The summed E-state index contributed by atoms with van der Waals surface area (Å²) in [4.78, 5) is 2.49. The summed E-state index contributed by atoms with van der Waals surface area (Å²) in [6.45, 7) is 3.61. The largest absolute Gasteiger partial charge is 0.350 e. The molecule has 0 unspecified atom stereocenters. The van der Waals surface area contributed by atoms with Crippen LogP contribution in [-0.2, 0) is 17.1 Å². The van der Waals surface area contributed by atoms with Gasteiger partial charge in [-0.2, -0.15) is 18.4 Å². The summed E-state index contributed by atoms with van der Waals surface area (Å²) in [6, 6.07) is 9.00. The van der Waals surface area contributed by atoms with Gasteiger partial charge in [-0.1, -0.05) is 12.1 Å². The van der Waals surface area contributed by atoms with E-state index in [1.54, 1.807) is 19.1 Å². The Labute approximate surface area is 119 Å². The Balaban J connectivity index is 2.22. The number of hydrogen-bond acceptors (Lipinski definition) is 3. The highest BCUT2D eigenvalue weighted by molar-refractivity contribution is 7.89. The zero-order chi connectivity index (χ0) is 14.8. The first-order valence-electron chi connectivity index (χ1n) is 6.13. The van der Waals surface area contributed by atoms with Crippen LogP contribution in [0.3, 0.4) is 0 Å². The van der Waals surface area contributed by atoms with E-state index in [-0.39, 0.29) is 4.90 Å². The lowest BCUT2D eigenvalue weighted by Crippen LogP contribution is -2.19. The molecule has 0 fully saturated rings. The predicted molar refractivity (Wildman–Crippen MR) is 79.2 cm³/mol. The molecule has 0 aliphatic rings. The lowest BCUT2D eigenvalue weighted by molar-refractivity contribution is 0.584. The van der Waals surface area contributed by atoms with Crippen LogP contribution in [0.5, 0.6) is 0 Å². The molecule has 0 radical (unpaired) electrons. The molecule has 0 spiro atoms. The molecule has 1 aromatic carbocycles. The lowest BCUT2D eigenvalue weighted by Gasteiger charge is -2.07. The molecule has 0 bridgehead atoms. The van der Waals surface area contributed by atoms with E-state index in [1.165, 1.54) is 6.21 Å². The molecular weight excluding hydrogens is 274 g/mol. The van der Waals surface area contributed by atoms with Crippen LogP contribution >= 0.6 is 0 Å². The molecule has 20 heavy (non-hydrogen) atoms. The van der Waals surface area contributed by atoms with Crippen molar-refractivity contribution in [3.8, 4) is 0 Å². The lowest BCUT2D eigenvalue weighted by atomic mass is 10.2. The maximum Gasteiger partial charge on any atom is 0.276 e. The minimum Gasteiger partial charge on any atom is -0.350 e. The first kappa shape index (κ1) is 14.3. The number of hydrogen-bond donors (Lipinski definition) is 1. The molecule has 2 rings (SSSR count). The Morgan fingerprint density at radius 3 is 2.65 bits per heavy atom. The Kier molecular flexibility index (Phi) is 3.94. The third kappa shape index (κ3) is 3.08. The van der Waals surface area contributed by atoms with Gasteiger partial charge in [-0.15, -0.1) is 0 Å². The molecule has 1 N–H and O–H groups in total. The van der Waals surface area contributed by atoms with Crippen molar-refractivity contribution in [3.63, 3.8) is 0 Å². The monoisotopic (exact) mass is 291 g/mol. The fourth-order valence-corrected chi connectivity index (χ4v) is 2.94. The first-order valence-corrected chi connectivity index (χ1v) is 7.62. The topological polar surface area (TPSA) is 63.5 Å². The molecule has 0 aliphatic heterocycles. The molecule has 0 atom stereocenters. The minimum atomic E-state index is -3.64. The van der Waals surface area contributed by atoms with Crippen LogP contribution in [0, 0.1) is 13.8 Å². The second kappa shape index (κ2) is 5.50. The van der Waals surface area contributed by atoms with Crippen LogP contribution in [0.15, 0.2) is 46.5 Å². The second-order valence-electron chi connectivity index (χ2n) is 4.67. The smallest absolute Gasteiger partial charge is 0.276 e. The van der Waals surface area contributed by atoms with Crippen molar-refractivity contribution < 1.29 is 8.42 Å². The third-order valence-electron chi connectivity index (χ3n) is 2.99. The molecule has 2 aromatic rings. The molecule has 5 nitrogen and oxygen atoms in total. The normalized spacial score (nSPS) is 11.9. The van der Waals surface area contributed by atoms with Crippen LogP contribution in [0.25, 0.3) is 0 Å². The molecule has 0 saturated carbocycles. The summed E-state index contributed by atoms with van der Waals surface area (Å²) >= 11 is 0. The van der Waals surface area contributed by atoms with E-state index in [1.807, 2.05) is 42.9 Å². The van der Waals surface area contributed by atoms with E-state index in [0.717, 1.165) is 11.3 Å². The van der Waals surface area contributed by atoms with E-state index in [4.69, 9.17) is 0 Å². The van der Waals surface area contributed by atoms with Crippen molar-refractivity contribution >= 4 is 16.2 Å². The highest BCUT2D eigenvalue weighted by Crippen LogP contribution is 2.16. The summed E-state index contributed by atoms with van der Waals surface area (Å²) in [5, 5.41) is 3.81. The van der Waals surface area contributed by atoms with Gasteiger partial charge in [0.05, 0.1) is 16.8 Å². The van der Waals surface area contributed by atoms with Gasteiger partial charge in [-0.05, 0) is 43.2 Å². The van der Waals surface area contributed by atoms with E-state index >= 15 is 0 Å². The van der Waals surface area contributed by atoms with Gasteiger partial charge in [0, 0.05) is 13.2 Å². The average molecular weight is 291 g/mol. The summed E-state index contributed by atoms with van der Waals surface area (Å²) in [5.41, 5.74) is 2.40. The van der Waals surface area contributed by atoms with Gasteiger partial charge in [0.25, 0.3) is 10.0 Å². The fraction of sp³-hybridized carbons (Fsp3) is 0.214. The van der Waals surface area contributed by atoms with E-state index in [9.17, 15) is 8.42 Å².